The summed E-state index contributed by atoms with van der Waals surface area (Å²) in [4.78, 5) is 0. The SMILES string of the molecule is Ic1cccc(-c2cnn(C3CCCOC3)c2)c1. The van der Waals surface area contributed by atoms with Gasteiger partial charge in [0.25, 0.3) is 0 Å². The fourth-order valence-corrected chi connectivity index (χ4v) is 2.83. The van der Waals surface area contributed by atoms with E-state index in [9.17, 15) is 0 Å². The molecule has 1 saturated heterocycles. The van der Waals surface area contributed by atoms with Crippen LogP contribution in [0.3, 0.4) is 0 Å². The number of halogens is 1. The molecule has 1 aromatic heterocycles. The van der Waals surface area contributed by atoms with Crippen LogP contribution >= 0.6 is 22.6 Å². The summed E-state index contributed by atoms with van der Waals surface area (Å²) in [5.74, 6) is 0. The van der Waals surface area contributed by atoms with Crippen LogP contribution in [0.5, 0.6) is 0 Å². The molecule has 0 saturated carbocycles. The van der Waals surface area contributed by atoms with E-state index in [4.69, 9.17) is 4.74 Å². The first-order valence-corrected chi connectivity index (χ1v) is 7.28. The van der Waals surface area contributed by atoms with Gasteiger partial charge in [-0.1, -0.05) is 12.1 Å². The minimum atomic E-state index is 0.398. The monoisotopic (exact) mass is 354 g/mol. The van der Waals surface area contributed by atoms with Crippen LogP contribution in [0, 0.1) is 3.57 Å². The lowest BCUT2D eigenvalue weighted by Gasteiger charge is -2.22. The Labute approximate surface area is 120 Å². The molecular formula is C14H15IN2O. The molecule has 18 heavy (non-hydrogen) atoms. The third-order valence-electron chi connectivity index (χ3n) is 3.27. The van der Waals surface area contributed by atoms with Crippen LogP contribution < -0.4 is 0 Å². The molecule has 1 aliphatic rings. The maximum Gasteiger partial charge on any atom is 0.0753 e. The Kier molecular flexibility index (Phi) is 3.65. The predicted octanol–water partition coefficient (Wildman–Crippen LogP) is 3.51. The standard InChI is InChI=1S/C14H15IN2O/c15-13-4-1-3-11(7-13)12-8-16-17(9-12)14-5-2-6-18-10-14/h1,3-4,7-9,14H,2,5-6,10H2. The molecular weight excluding hydrogens is 339 g/mol. The van der Waals surface area contributed by atoms with Crippen molar-refractivity contribution in [3.8, 4) is 11.1 Å². The van der Waals surface area contributed by atoms with Crippen LogP contribution in [0.2, 0.25) is 0 Å². The second-order valence-electron chi connectivity index (χ2n) is 4.59. The van der Waals surface area contributed by atoms with Gasteiger partial charge in [0.15, 0.2) is 0 Å². The zero-order valence-electron chi connectivity index (χ0n) is 10.1. The van der Waals surface area contributed by atoms with E-state index in [2.05, 4.69) is 58.2 Å². The summed E-state index contributed by atoms with van der Waals surface area (Å²) in [6, 6.07) is 8.89. The Hall–Kier alpha value is -0.880. The van der Waals surface area contributed by atoms with Gasteiger partial charge in [-0.2, -0.15) is 5.10 Å². The van der Waals surface area contributed by atoms with E-state index < -0.39 is 0 Å². The normalized spacial score (nSPS) is 19.9. The topological polar surface area (TPSA) is 27.1 Å². The molecule has 1 unspecified atom stereocenters. The number of aromatic nitrogens is 2. The lowest BCUT2D eigenvalue weighted by molar-refractivity contribution is 0.0549. The second kappa shape index (κ2) is 5.40. The number of hydrogen-bond acceptors (Lipinski definition) is 2. The second-order valence-corrected chi connectivity index (χ2v) is 5.84. The average Bonchev–Trinajstić information content (AvgIpc) is 2.89. The van der Waals surface area contributed by atoms with Crippen molar-refractivity contribution in [2.45, 2.75) is 18.9 Å². The van der Waals surface area contributed by atoms with Crippen molar-refractivity contribution in [2.75, 3.05) is 13.2 Å². The van der Waals surface area contributed by atoms with Gasteiger partial charge in [0.1, 0.15) is 0 Å². The summed E-state index contributed by atoms with van der Waals surface area (Å²) in [5, 5.41) is 4.48. The highest BCUT2D eigenvalue weighted by atomic mass is 127. The number of nitrogens with zero attached hydrogens (tertiary/aromatic N) is 2. The smallest absolute Gasteiger partial charge is 0.0753 e. The molecule has 3 nitrogen and oxygen atoms in total. The highest BCUT2D eigenvalue weighted by molar-refractivity contribution is 14.1. The molecule has 2 aromatic rings. The quantitative estimate of drug-likeness (QED) is 0.772. The minimum Gasteiger partial charge on any atom is -0.379 e. The van der Waals surface area contributed by atoms with Gasteiger partial charge < -0.3 is 4.74 Å². The van der Waals surface area contributed by atoms with Crippen LogP contribution in [0.4, 0.5) is 0 Å². The van der Waals surface area contributed by atoms with Gasteiger partial charge in [-0.05, 0) is 53.1 Å². The lowest BCUT2D eigenvalue weighted by atomic mass is 10.1. The van der Waals surface area contributed by atoms with E-state index in [-0.39, 0.29) is 0 Å². The Morgan fingerprint density at radius 2 is 2.28 bits per heavy atom. The largest absolute Gasteiger partial charge is 0.379 e. The Balaban J connectivity index is 1.84. The highest BCUT2D eigenvalue weighted by Crippen LogP contribution is 2.24. The Bertz CT molecular complexity index is 532. The molecule has 0 radical (unpaired) electrons. The molecule has 0 amide bonds. The predicted molar refractivity (Wildman–Crippen MR) is 79.5 cm³/mol. The molecule has 2 heterocycles. The highest BCUT2D eigenvalue weighted by Gasteiger charge is 2.16. The first-order valence-electron chi connectivity index (χ1n) is 6.21. The number of ether oxygens (including phenoxy) is 1. The number of benzene rings is 1. The zero-order chi connectivity index (χ0) is 12.4. The van der Waals surface area contributed by atoms with Crippen molar-refractivity contribution >= 4 is 22.6 Å². The van der Waals surface area contributed by atoms with Gasteiger partial charge in [0.05, 0.1) is 18.8 Å². The molecule has 1 fully saturated rings. The minimum absolute atomic E-state index is 0.398. The molecule has 0 N–H and O–H groups in total. The molecule has 0 aliphatic carbocycles. The van der Waals surface area contributed by atoms with Gasteiger partial charge in [0, 0.05) is 21.9 Å². The summed E-state index contributed by atoms with van der Waals surface area (Å²) in [5.41, 5.74) is 2.41. The molecule has 1 aliphatic heterocycles. The Morgan fingerprint density at radius 1 is 1.33 bits per heavy atom. The summed E-state index contributed by atoms with van der Waals surface area (Å²) >= 11 is 2.34. The summed E-state index contributed by atoms with van der Waals surface area (Å²) < 4.78 is 8.81. The van der Waals surface area contributed by atoms with E-state index in [0.29, 0.717) is 6.04 Å². The van der Waals surface area contributed by atoms with Gasteiger partial charge in [-0.3, -0.25) is 4.68 Å². The van der Waals surface area contributed by atoms with Crippen LogP contribution in [-0.4, -0.2) is 23.0 Å². The van der Waals surface area contributed by atoms with Crippen LogP contribution in [-0.2, 0) is 4.74 Å². The van der Waals surface area contributed by atoms with Crippen molar-refractivity contribution < 1.29 is 4.74 Å². The van der Waals surface area contributed by atoms with E-state index in [1.165, 1.54) is 14.7 Å². The first kappa shape index (κ1) is 12.2. The van der Waals surface area contributed by atoms with Crippen LogP contribution in [0.15, 0.2) is 36.7 Å². The van der Waals surface area contributed by atoms with Gasteiger partial charge in [-0.15, -0.1) is 0 Å². The maximum absolute atomic E-state index is 5.51. The third kappa shape index (κ3) is 2.59. The molecule has 0 bridgehead atoms. The van der Waals surface area contributed by atoms with Crippen molar-refractivity contribution in [2.24, 2.45) is 0 Å². The summed E-state index contributed by atoms with van der Waals surface area (Å²) in [6.07, 6.45) is 6.36. The lowest BCUT2D eigenvalue weighted by Crippen LogP contribution is -2.21. The first-order chi connectivity index (χ1) is 8.83. The summed E-state index contributed by atoms with van der Waals surface area (Å²) in [7, 11) is 0. The molecule has 94 valence electrons. The van der Waals surface area contributed by atoms with Gasteiger partial charge in [0.2, 0.25) is 0 Å². The fraction of sp³-hybridized carbons (Fsp3) is 0.357. The molecule has 1 aromatic carbocycles. The molecule has 0 spiro atoms. The summed E-state index contributed by atoms with van der Waals surface area (Å²) in [6.45, 7) is 1.68. The number of hydrogen-bond donors (Lipinski definition) is 0. The van der Waals surface area contributed by atoms with Gasteiger partial charge >= 0.3 is 0 Å². The van der Waals surface area contributed by atoms with Crippen molar-refractivity contribution in [1.29, 1.82) is 0 Å². The number of rotatable bonds is 2. The molecule has 1 atom stereocenters. The third-order valence-corrected chi connectivity index (χ3v) is 3.94. The van der Waals surface area contributed by atoms with Crippen molar-refractivity contribution in [3.05, 3.63) is 40.2 Å². The van der Waals surface area contributed by atoms with Gasteiger partial charge in [-0.25, -0.2) is 0 Å². The average molecular weight is 354 g/mol. The fourth-order valence-electron chi connectivity index (χ4n) is 2.29. The van der Waals surface area contributed by atoms with Crippen molar-refractivity contribution in [3.63, 3.8) is 0 Å². The van der Waals surface area contributed by atoms with E-state index in [0.717, 1.165) is 26.1 Å². The van der Waals surface area contributed by atoms with E-state index in [1.54, 1.807) is 0 Å². The van der Waals surface area contributed by atoms with Crippen LogP contribution in [0.1, 0.15) is 18.9 Å². The van der Waals surface area contributed by atoms with Crippen molar-refractivity contribution in [1.82, 2.24) is 9.78 Å². The Morgan fingerprint density at radius 3 is 3.06 bits per heavy atom. The zero-order valence-corrected chi connectivity index (χ0v) is 12.2. The molecule has 4 heteroatoms. The maximum atomic E-state index is 5.51. The molecule has 3 rings (SSSR count). The van der Waals surface area contributed by atoms with E-state index >= 15 is 0 Å². The van der Waals surface area contributed by atoms with E-state index in [1.807, 2.05) is 10.9 Å². The van der Waals surface area contributed by atoms with Crippen LogP contribution in [0.25, 0.3) is 11.1 Å².